The van der Waals surface area contributed by atoms with Crippen LogP contribution in [0.4, 0.5) is 0 Å². The molecule has 1 heterocycles. The number of nitrogens with one attached hydrogen (secondary N) is 1. The van der Waals surface area contributed by atoms with Gasteiger partial charge in [-0.25, -0.2) is 0 Å². The van der Waals surface area contributed by atoms with Gasteiger partial charge in [0.15, 0.2) is 0 Å². The predicted octanol–water partition coefficient (Wildman–Crippen LogP) is 3.13. The molecule has 1 N–H and O–H groups in total. The molecule has 1 fully saturated rings. The highest BCUT2D eigenvalue weighted by molar-refractivity contribution is 4.85. The summed E-state index contributed by atoms with van der Waals surface area (Å²) in [5, 5.41) is 3.55. The molecule has 1 rings (SSSR count). The molecule has 1 aliphatic rings. The predicted molar refractivity (Wildman–Crippen MR) is 76.4 cm³/mol. The molecule has 17 heavy (non-hydrogen) atoms. The van der Waals surface area contributed by atoms with Crippen LogP contribution in [-0.4, -0.2) is 37.6 Å². The van der Waals surface area contributed by atoms with Crippen LogP contribution >= 0.6 is 0 Å². The van der Waals surface area contributed by atoms with Crippen molar-refractivity contribution in [3.63, 3.8) is 0 Å². The highest BCUT2D eigenvalue weighted by Crippen LogP contribution is 2.32. The molecule has 2 unspecified atom stereocenters. The molecule has 0 aliphatic carbocycles. The zero-order valence-electron chi connectivity index (χ0n) is 12.6. The highest BCUT2D eigenvalue weighted by Gasteiger charge is 2.32. The Labute approximate surface area is 108 Å². The van der Waals surface area contributed by atoms with Crippen LogP contribution in [0, 0.1) is 11.3 Å². The minimum Gasteiger partial charge on any atom is -0.316 e. The molecule has 1 saturated heterocycles. The fourth-order valence-electron chi connectivity index (χ4n) is 3.08. The lowest BCUT2D eigenvalue weighted by atomic mass is 9.74. The van der Waals surface area contributed by atoms with E-state index in [0.29, 0.717) is 5.41 Å². The fraction of sp³-hybridized carbons (Fsp3) is 1.00. The highest BCUT2D eigenvalue weighted by atomic mass is 15.1. The summed E-state index contributed by atoms with van der Waals surface area (Å²) < 4.78 is 0. The van der Waals surface area contributed by atoms with E-state index in [1.807, 2.05) is 0 Å². The lowest BCUT2D eigenvalue weighted by molar-refractivity contribution is 0.0930. The summed E-state index contributed by atoms with van der Waals surface area (Å²) >= 11 is 0. The molecule has 0 saturated carbocycles. The van der Waals surface area contributed by atoms with Gasteiger partial charge in [-0.05, 0) is 57.7 Å². The van der Waals surface area contributed by atoms with Crippen LogP contribution in [0.15, 0.2) is 0 Å². The van der Waals surface area contributed by atoms with Gasteiger partial charge in [0, 0.05) is 12.6 Å². The van der Waals surface area contributed by atoms with Gasteiger partial charge in [-0.15, -0.1) is 0 Å². The Morgan fingerprint density at radius 3 is 2.65 bits per heavy atom. The molecule has 2 atom stereocenters. The van der Waals surface area contributed by atoms with E-state index in [4.69, 9.17) is 0 Å². The molecule has 2 nitrogen and oxygen atoms in total. The van der Waals surface area contributed by atoms with E-state index in [2.05, 4.69) is 45.0 Å². The zero-order chi connectivity index (χ0) is 12.9. The van der Waals surface area contributed by atoms with Crippen molar-refractivity contribution in [2.24, 2.45) is 11.3 Å². The average Bonchev–Trinajstić information content (AvgIpc) is 2.30. The van der Waals surface area contributed by atoms with E-state index in [0.717, 1.165) is 12.0 Å². The maximum Gasteiger partial charge on any atom is 0.00640 e. The van der Waals surface area contributed by atoms with Crippen LogP contribution in [0.3, 0.4) is 0 Å². The van der Waals surface area contributed by atoms with Crippen molar-refractivity contribution in [2.75, 3.05) is 26.7 Å². The van der Waals surface area contributed by atoms with Gasteiger partial charge in [-0.2, -0.15) is 0 Å². The lowest BCUT2D eigenvalue weighted by Crippen LogP contribution is -2.45. The Morgan fingerprint density at radius 2 is 2.12 bits per heavy atom. The quantitative estimate of drug-likeness (QED) is 0.767. The summed E-state index contributed by atoms with van der Waals surface area (Å²) in [6.45, 7) is 13.2. The summed E-state index contributed by atoms with van der Waals surface area (Å²) in [6.07, 6.45) is 5.35. The Kier molecular flexibility index (Phi) is 5.94. The van der Waals surface area contributed by atoms with Crippen molar-refractivity contribution in [3.8, 4) is 0 Å². The summed E-state index contributed by atoms with van der Waals surface area (Å²) in [4.78, 5) is 2.55. The molecule has 0 spiro atoms. The molecular weight excluding hydrogens is 208 g/mol. The van der Waals surface area contributed by atoms with Crippen molar-refractivity contribution in [1.82, 2.24) is 10.2 Å². The average molecular weight is 240 g/mol. The smallest absolute Gasteiger partial charge is 0.00640 e. The van der Waals surface area contributed by atoms with Gasteiger partial charge in [0.05, 0.1) is 0 Å². The third kappa shape index (κ3) is 4.59. The Morgan fingerprint density at radius 1 is 1.41 bits per heavy atom. The zero-order valence-corrected chi connectivity index (χ0v) is 12.6. The first kappa shape index (κ1) is 15.0. The van der Waals surface area contributed by atoms with Gasteiger partial charge in [-0.1, -0.05) is 27.2 Å². The first-order valence-electron chi connectivity index (χ1n) is 7.38. The van der Waals surface area contributed by atoms with E-state index in [-0.39, 0.29) is 0 Å². The van der Waals surface area contributed by atoms with Crippen molar-refractivity contribution in [1.29, 1.82) is 0 Å². The summed E-state index contributed by atoms with van der Waals surface area (Å²) in [7, 11) is 2.29. The largest absolute Gasteiger partial charge is 0.316 e. The van der Waals surface area contributed by atoms with Crippen LogP contribution in [0.1, 0.15) is 53.4 Å². The maximum atomic E-state index is 3.55. The third-order valence-electron chi connectivity index (χ3n) is 4.52. The first-order chi connectivity index (χ1) is 7.97. The van der Waals surface area contributed by atoms with Gasteiger partial charge in [0.2, 0.25) is 0 Å². The second kappa shape index (κ2) is 6.75. The van der Waals surface area contributed by atoms with Gasteiger partial charge in [-0.3, -0.25) is 0 Å². The van der Waals surface area contributed by atoms with Crippen molar-refractivity contribution in [2.45, 2.75) is 59.4 Å². The second-order valence-electron chi connectivity index (χ2n) is 6.58. The normalized spacial score (nSPS) is 24.0. The Balaban J connectivity index is 2.46. The molecule has 0 aromatic rings. The minimum atomic E-state index is 0.435. The molecule has 102 valence electrons. The van der Waals surface area contributed by atoms with E-state index in [1.54, 1.807) is 0 Å². The maximum absolute atomic E-state index is 3.55. The lowest BCUT2D eigenvalue weighted by Gasteiger charge is -2.41. The molecular formula is C15H32N2. The van der Waals surface area contributed by atoms with Gasteiger partial charge in [0.1, 0.15) is 0 Å². The van der Waals surface area contributed by atoms with Crippen LogP contribution < -0.4 is 5.32 Å². The standard InChI is InChI=1S/C15H32N2/c1-6-8-13(2)17(5)12-15(3,4)14-9-7-10-16-11-14/h13-14,16H,6-12H2,1-5H3. The summed E-state index contributed by atoms with van der Waals surface area (Å²) in [6, 6.07) is 0.718. The Bertz CT molecular complexity index is 207. The van der Waals surface area contributed by atoms with Crippen LogP contribution in [0.5, 0.6) is 0 Å². The summed E-state index contributed by atoms with van der Waals surface area (Å²) in [5.41, 5.74) is 0.435. The van der Waals surface area contributed by atoms with Crippen LogP contribution in [0.25, 0.3) is 0 Å². The van der Waals surface area contributed by atoms with Crippen molar-refractivity contribution in [3.05, 3.63) is 0 Å². The number of hydrogen-bond donors (Lipinski definition) is 1. The SMILES string of the molecule is CCCC(C)N(C)CC(C)(C)C1CCCNC1. The van der Waals surface area contributed by atoms with Gasteiger partial charge in [0.25, 0.3) is 0 Å². The van der Waals surface area contributed by atoms with Crippen LogP contribution in [0.2, 0.25) is 0 Å². The number of rotatable bonds is 6. The molecule has 0 radical (unpaired) electrons. The van der Waals surface area contributed by atoms with Gasteiger partial charge >= 0.3 is 0 Å². The van der Waals surface area contributed by atoms with Crippen molar-refractivity contribution >= 4 is 0 Å². The molecule has 0 aromatic carbocycles. The molecule has 1 aliphatic heterocycles. The van der Waals surface area contributed by atoms with E-state index in [1.165, 1.54) is 45.3 Å². The first-order valence-corrected chi connectivity index (χ1v) is 7.38. The molecule has 0 bridgehead atoms. The fourth-order valence-corrected chi connectivity index (χ4v) is 3.08. The topological polar surface area (TPSA) is 15.3 Å². The molecule has 0 amide bonds. The number of hydrogen-bond acceptors (Lipinski definition) is 2. The second-order valence-corrected chi connectivity index (χ2v) is 6.58. The molecule has 0 aromatic heterocycles. The van der Waals surface area contributed by atoms with Gasteiger partial charge < -0.3 is 10.2 Å². The Hall–Kier alpha value is -0.0800. The number of piperidine rings is 1. The van der Waals surface area contributed by atoms with Crippen molar-refractivity contribution < 1.29 is 0 Å². The van der Waals surface area contributed by atoms with E-state index >= 15 is 0 Å². The van der Waals surface area contributed by atoms with Crippen LogP contribution in [-0.2, 0) is 0 Å². The minimum absolute atomic E-state index is 0.435. The van der Waals surface area contributed by atoms with E-state index < -0.39 is 0 Å². The van der Waals surface area contributed by atoms with E-state index in [9.17, 15) is 0 Å². The summed E-state index contributed by atoms with van der Waals surface area (Å²) in [5.74, 6) is 0.840. The number of nitrogens with zero attached hydrogens (tertiary/aromatic N) is 1. The monoisotopic (exact) mass is 240 g/mol. The molecule has 2 heteroatoms. The third-order valence-corrected chi connectivity index (χ3v) is 4.52.